The summed E-state index contributed by atoms with van der Waals surface area (Å²) in [5, 5.41) is 11.4. The molecule has 0 saturated carbocycles. The van der Waals surface area contributed by atoms with Crippen molar-refractivity contribution in [3.63, 3.8) is 0 Å². The number of fused-ring (bicyclic) bond motifs is 1. The van der Waals surface area contributed by atoms with Crippen LogP contribution in [0.3, 0.4) is 0 Å². The molecule has 0 aromatic carbocycles. The third-order valence-corrected chi connectivity index (χ3v) is 3.08. The van der Waals surface area contributed by atoms with Crippen molar-refractivity contribution in [1.82, 2.24) is 19.9 Å². The van der Waals surface area contributed by atoms with E-state index in [4.69, 9.17) is 0 Å². The summed E-state index contributed by atoms with van der Waals surface area (Å²) in [5.74, 6) is 1.11. The van der Waals surface area contributed by atoms with Gasteiger partial charge in [-0.2, -0.15) is 0 Å². The average Bonchev–Trinajstić information content (AvgIpc) is 2.79. The second-order valence-corrected chi connectivity index (χ2v) is 5.03. The van der Waals surface area contributed by atoms with E-state index < -0.39 is 0 Å². The molecule has 0 fully saturated rings. The maximum atomic E-state index is 11.8. The zero-order valence-corrected chi connectivity index (χ0v) is 11.6. The Morgan fingerprint density at radius 3 is 2.84 bits per heavy atom. The number of carbonyl (C=O) groups excluding carboxylic acids is 1. The van der Waals surface area contributed by atoms with Gasteiger partial charge in [0.1, 0.15) is 0 Å². The van der Waals surface area contributed by atoms with Gasteiger partial charge in [-0.3, -0.25) is 9.20 Å². The summed E-state index contributed by atoms with van der Waals surface area (Å²) in [6, 6.07) is 5.65. The second kappa shape index (κ2) is 5.82. The lowest BCUT2D eigenvalue weighted by atomic mass is 10.0. The summed E-state index contributed by atoms with van der Waals surface area (Å²) in [7, 11) is 0. The van der Waals surface area contributed by atoms with Crippen molar-refractivity contribution in [2.45, 2.75) is 39.7 Å². The van der Waals surface area contributed by atoms with E-state index in [1.807, 2.05) is 35.7 Å². The van der Waals surface area contributed by atoms with Crippen LogP contribution < -0.4 is 5.32 Å². The van der Waals surface area contributed by atoms with Crippen LogP contribution in [0.2, 0.25) is 0 Å². The van der Waals surface area contributed by atoms with E-state index >= 15 is 0 Å². The van der Waals surface area contributed by atoms with Crippen molar-refractivity contribution < 1.29 is 4.79 Å². The number of amides is 1. The zero-order valence-electron chi connectivity index (χ0n) is 11.6. The number of nitrogens with zero attached hydrogens (tertiary/aromatic N) is 3. The molecule has 1 atom stereocenters. The van der Waals surface area contributed by atoms with Gasteiger partial charge in [-0.1, -0.05) is 26.8 Å². The van der Waals surface area contributed by atoms with Crippen molar-refractivity contribution in [2.24, 2.45) is 5.92 Å². The number of aromatic nitrogens is 3. The highest BCUT2D eigenvalue weighted by Crippen LogP contribution is 2.20. The van der Waals surface area contributed by atoms with E-state index in [9.17, 15) is 4.79 Å². The zero-order chi connectivity index (χ0) is 13.8. The Balaban J connectivity index is 2.31. The Hall–Kier alpha value is -1.91. The standard InChI is InChI=1S/C14H20N4O/c1-4-7-12(19)15-13(10(2)3)14-17-16-11-8-5-6-9-18(11)14/h5-6,8-10,13H,4,7H2,1-3H3,(H,15,19)/t13-/m0/s1. The van der Waals surface area contributed by atoms with Crippen molar-refractivity contribution in [1.29, 1.82) is 0 Å². The Bertz CT molecular complexity index is 561. The molecule has 2 rings (SSSR count). The average molecular weight is 260 g/mol. The fourth-order valence-electron chi connectivity index (χ4n) is 2.07. The van der Waals surface area contributed by atoms with E-state index in [-0.39, 0.29) is 17.9 Å². The van der Waals surface area contributed by atoms with E-state index in [2.05, 4.69) is 29.4 Å². The Morgan fingerprint density at radius 1 is 1.37 bits per heavy atom. The van der Waals surface area contributed by atoms with Crippen LogP contribution >= 0.6 is 0 Å². The first-order valence-corrected chi connectivity index (χ1v) is 6.72. The molecule has 0 radical (unpaired) electrons. The molecule has 1 amide bonds. The maximum absolute atomic E-state index is 11.8. The first-order valence-electron chi connectivity index (χ1n) is 6.72. The first kappa shape index (κ1) is 13.5. The fraction of sp³-hybridized carbons (Fsp3) is 0.500. The lowest BCUT2D eigenvalue weighted by Gasteiger charge is -2.20. The van der Waals surface area contributed by atoms with Crippen LogP contribution in [0, 0.1) is 5.92 Å². The fourth-order valence-corrected chi connectivity index (χ4v) is 2.07. The first-order chi connectivity index (χ1) is 9.13. The largest absolute Gasteiger partial charge is 0.346 e. The van der Waals surface area contributed by atoms with E-state index in [0.717, 1.165) is 17.9 Å². The Morgan fingerprint density at radius 2 is 2.16 bits per heavy atom. The highest BCUT2D eigenvalue weighted by Gasteiger charge is 2.23. The Labute approximate surface area is 113 Å². The minimum atomic E-state index is -0.114. The molecule has 0 spiro atoms. The molecule has 2 aromatic rings. The number of carbonyl (C=O) groups is 1. The normalized spacial score (nSPS) is 12.8. The van der Waals surface area contributed by atoms with E-state index in [0.29, 0.717) is 6.42 Å². The van der Waals surface area contributed by atoms with Gasteiger partial charge in [-0.25, -0.2) is 0 Å². The van der Waals surface area contributed by atoms with Crippen LogP contribution in [0.4, 0.5) is 0 Å². The van der Waals surface area contributed by atoms with Gasteiger partial charge in [0.05, 0.1) is 6.04 Å². The number of pyridine rings is 1. The third kappa shape index (κ3) is 2.92. The molecule has 0 aliphatic carbocycles. The van der Waals surface area contributed by atoms with Gasteiger partial charge >= 0.3 is 0 Å². The number of nitrogens with one attached hydrogen (secondary N) is 1. The van der Waals surface area contributed by atoms with E-state index in [1.54, 1.807) is 0 Å². The molecule has 0 aliphatic heterocycles. The summed E-state index contributed by atoms with van der Waals surface area (Å²) in [6.45, 7) is 6.14. The van der Waals surface area contributed by atoms with Gasteiger partial charge in [0.15, 0.2) is 11.5 Å². The maximum Gasteiger partial charge on any atom is 0.220 e. The minimum absolute atomic E-state index is 0.0638. The molecule has 5 heteroatoms. The summed E-state index contributed by atoms with van der Waals surface area (Å²) < 4.78 is 1.93. The van der Waals surface area contributed by atoms with Gasteiger partial charge in [0, 0.05) is 12.6 Å². The molecule has 0 bridgehead atoms. The molecular formula is C14H20N4O. The number of hydrogen-bond donors (Lipinski definition) is 1. The van der Waals surface area contributed by atoms with E-state index in [1.165, 1.54) is 0 Å². The second-order valence-electron chi connectivity index (χ2n) is 5.03. The molecule has 19 heavy (non-hydrogen) atoms. The van der Waals surface area contributed by atoms with Crippen LogP contribution in [-0.2, 0) is 4.79 Å². The third-order valence-electron chi connectivity index (χ3n) is 3.08. The van der Waals surface area contributed by atoms with Crippen molar-refractivity contribution in [3.8, 4) is 0 Å². The molecule has 0 saturated heterocycles. The molecule has 102 valence electrons. The highest BCUT2D eigenvalue weighted by atomic mass is 16.1. The van der Waals surface area contributed by atoms with Gasteiger partial charge in [0.25, 0.3) is 0 Å². The van der Waals surface area contributed by atoms with Crippen LogP contribution in [0.25, 0.3) is 5.65 Å². The number of hydrogen-bond acceptors (Lipinski definition) is 3. The Kier molecular flexibility index (Phi) is 4.14. The van der Waals surface area contributed by atoms with Crippen molar-refractivity contribution in [3.05, 3.63) is 30.2 Å². The van der Waals surface area contributed by atoms with Gasteiger partial charge in [0.2, 0.25) is 5.91 Å². The monoisotopic (exact) mass is 260 g/mol. The van der Waals surface area contributed by atoms with Crippen LogP contribution in [0.5, 0.6) is 0 Å². The smallest absolute Gasteiger partial charge is 0.220 e. The molecule has 0 unspecified atom stereocenters. The highest BCUT2D eigenvalue weighted by molar-refractivity contribution is 5.76. The summed E-state index contributed by atoms with van der Waals surface area (Å²) >= 11 is 0. The molecular weight excluding hydrogens is 240 g/mol. The summed E-state index contributed by atoms with van der Waals surface area (Å²) in [5.41, 5.74) is 0.799. The van der Waals surface area contributed by atoms with Crippen LogP contribution in [0.15, 0.2) is 24.4 Å². The molecule has 0 aliphatic rings. The van der Waals surface area contributed by atoms with Crippen molar-refractivity contribution in [2.75, 3.05) is 0 Å². The van der Waals surface area contributed by atoms with Crippen LogP contribution in [-0.4, -0.2) is 20.5 Å². The van der Waals surface area contributed by atoms with Crippen molar-refractivity contribution >= 4 is 11.6 Å². The minimum Gasteiger partial charge on any atom is -0.346 e. The summed E-state index contributed by atoms with van der Waals surface area (Å²) in [4.78, 5) is 11.8. The lowest BCUT2D eigenvalue weighted by Crippen LogP contribution is -2.32. The predicted octanol–water partition coefficient (Wildman–Crippen LogP) is 2.34. The molecule has 5 nitrogen and oxygen atoms in total. The van der Waals surface area contributed by atoms with Crippen LogP contribution in [0.1, 0.15) is 45.5 Å². The topological polar surface area (TPSA) is 59.3 Å². The molecule has 1 N–H and O–H groups in total. The molecule has 2 heterocycles. The quantitative estimate of drug-likeness (QED) is 0.897. The molecule has 2 aromatic heterocycles. The van der Waals surface area contributed by atoms with Gasteiger partial charge in [-0.15, -0.1) is 10.2 Å². The van der Waals surface area contributed by atoms with Gasteiger partial charge < -0.3 is 5.32 Å². The number of rotatable bonds is 5. The lowest BCUT2D eigenvalue weighted by molar-refractivity contribution is -0.122. The van der Waals surface area contributed by atoms with Gasteiger partial charge in [-0.05, 0) is 24.5 Å². The SMILES string of the molecule is CCCC(=O)N[C@H](c1nnc2ccccn12)C(C)C. The predicted molar refractivity (Wildman–Crippen MR) is 73.6 cm³/mol. The summed E-state index contributed by atoms with van der Waals surface area (Å²) in [6.07, 6.45) is 3.31.